The molecule has 0 aromatic heterocycles. The number of anilines is 1. The van der Waals surface area contributed by atoms with Crippen molar-refractivity contribution in [1.29, 1.82) is 0 Å². The number of hydrazine groups is 1. The highest BCUT2D eigenvalue weighted by molar-refractivity contribution is 5.41. The molecule has 0 unspecified atom stereocenters. The first-order chi connectivity index (χ1) is 6.86. The van der Waals surface area contributed by atoms with E-state index >= 15 is 0 Å². The summed E-state index contributed by atoms with van der Waals surface area (Å²) in [5.41, 5.74) is 4.38. The molecule has 0 aliphatic rings. The van der Waals surface area contributed by atoms with Gasteiger partial charge in [-0.05, 0) is 18.6 Å². The Labute approximate surface area is 85.3 Å². The van der Waals surface area contributed by atoms with Gasteiger partial charge < -0.3 is 10.5 Å². The molecule has 14 heavy (non-hydrogen) atoms. The van der Waals surface area contributed by atoms with E-state index < -0.39 is 0 Å². The van der Waals surface area contributed by atoms with Crippen molar-refractivity contribution >= 4 is 5.69 Å². The number of rotatable bonds is 6. The summed E-state index contributed by atoms with van der Waals surface area (Å²) in [6.45, 7) is 4.12. The molecule has 3 nitrogen and oxygen atoms in total. The fraction of sp³-hybridized carbons (Fsp3) is 0.455. The average molecular weight is 194 g/mol. The van der Waals surface area contributed by atoms with Crippen LogP contribution in [-0.2, 0) is 0 Å². The van der Waals surface area contributed by atoms with Crippen LogP contribution in [0.3, 0.4) is 0 Å². The Morgan fingerprint density at radius 1 is 1.29 bits per heavy atom. The van der Waals surface area contributed by atoms with Gasteiger partial charge in [-0.2, -0.15) is 0 Å². The van der Waals surface area contributed by atoms with E-state index in [1.807, 2.05) is 30.3 Å². The summed E-state index contributed by atoms with van der Waals surface area (Å²) >= 11 is 0. The predicted molar refractivity (Wildman–Crippen MR) is 59.0 cm³/mol. The lowest BCUT2D eigenvalue weighted by Crippen LogP contribution is -2.31. The van der Waals surface area contributed by atoms with E-state index in [2.05, 4.69) is 17.4 Å². The maximum atomic E-state index is 8.72. The normalized spacial score (nSPS) is 10.5. The molecule has 0 amide bonds. The van der Waals surface area contributed by atoms with E-state index in [1.54, 1.807) is 0 Å². The van der Waals surface area contributed by atoms with Gasteiger partial charge in [-0.1, -0.05) is 25.1 Å². The summed E-state index contributed by atoms with van der Waals surface area (Å²) in [5, 5.41) is 10.8. The largest absolute Gasteiger partial charge is 0.396 e. The van der Waals surface area contributed by atoms with Gasteiger partial charge in [0.05, 0.1) is 0 Å². The highest BCUT2D eigenvalue weighted by Crippen LogP contribution is 2.06. The van der Waals surface area contributed by atoms with E-state index in [0.29, 0.717) is 0 Å². The second-order valence-electron chi connectivity index (χ2n) is 3.13. The first-order valence-corrected chi connectivity index (χ1v) is 5.04. The third-order valence-electron chi connectivity index (χ3n) is 2.03. The van der Waals surface area contributed by atoms with E-state index in [9.17, 15) is 0 Å². The van der Waals surface area contributed by atoms with Gasteiger partial charge in [0.2, 0.25) is 0 Å². The van der Waals surface area contributed by atoms with Crippen molar-refractivity contribution in [3.8, 4) is 0 Å². The van der Waals surface area contributed by atoms with Crippen LogP contribution in [0.1, 0.15) is 13.3 Å². The molecule has 0 spiro atoms. The van der Waals surface area contributed by atoms with E-state index in [1.165, 1.54) is 0 Å². The molecular formula is C11H18N2O. The van der Waals surface area contributed by atoms with Crippen LogP contribution in [0.5, 0.6) is 0 Å². The molecule has 0 atom stereocenters. The maximum Gasteiger partial charge on any atom is 0.0490 e. The summed E-state index contributed by atoms with van der Waals surface area (Å²) in [5.74, 6) is 0. The molecule has 1 rings (SSSR count). The molecule has 0 aliphatic heterocycles. The average Bonchev–Trinajstić information content (AvgIpc) is 2.25. The van der Waals surface area contributed by atoms with Gasteiger partial charge >= 0.3 is 0 Å². The van der Waals surface area contributed by atoms with Crippen LogP contribution in [-0.4, -0.2) is 29.8 Å². The number of aliphatic hydroxyl groups excluding tert-OH is 1. The number of hydrogen-bond donors (Lipinski definition) is 2. The van der Waals surface area contributed by atoms with Gasteiger partial charge in [-0.25, -0.2) is 5.01 Å². The summed E-state index contributed by atoms with van der Waals surface area (Å²) in [6, 6.07) is 10.1. The molecule has 0 fully saturated rings. The molecule has 0 aliphatic carbocycles. The summed E-state index contributed by atoms with van der Waals surface area (Å²) < 4.78 is 0. The zero-order valence-electron chi connectivity index (χ0n) is 8.61. The van der Waals surface area contributed by atoms with Gasteiger partial charge in [0.1, 0.15) is 0 Å². The fourth-order valence-electron chi connectivity index (χ4n) is 1.25. The number of aliphatic hydroxyl groups is 1. The van der Waals surface area contributed by atoms with Crippen LogP contribution in [0.15, 0.2) is 30.3 Å². The third kappa shape index (κ3) is 3.77. The molecule has 1 aromatic carbocycles. The smallest absolute Gasteiger partial charge is 0.0490 e. The van der Waals surface area contributed by atoms with Crippen LogP contribution in [0, 0.1) is 0 Å². The number of para-hydroxylation sites is 1. The van der Waals surface area contributed by atoms with Crippen molar-refractivity contribution in [1.82, 2.24) is 5.01 Å². The zero-order valence-corrected chi connectivity index (χ0v) is 8.61. The molecule has 78 valence electrons. The van der Waals surface area contributed by atoms with Crippen molar-refractivity contribution < 1.29 is 5.11 Å². The maximum absolute atomic E-state index is 8.72. The zero-order chi connectivity index (χ0) is 10.2. The molecule has 0 bridgehead atoms. The standard InChI is InChI=1S/C11H18N2O/c1-2-13(9-6-10-14)12-11-7-4-3-5-8-11/h3-5,7-8,12,14H,2,6,9-10H2,1H3. The molecule has 0 radical (unpaired) electrons. The summed E-state index contributed by atoms with van der Waals surface area (Å²) in [4.78, 5) is 0. The SMILES string of the molecule is CCN(CCCO)Nc1ccccc1. The highest BCUT2D eigenvalue weighted by Gasteiger charge is 2.00. The number of benzene rings is 1. The predicted octanol–water partition coefficient (Wildman–Crippen LogP) is 1.72. The highest BCUT2D eigenvalue weighted by atomic mass is 16.3. The van der Waals surface area contributed by atoms with Gasteiger partial charge in [0.25, 0.3) is 0 Å². The Bertz CT molecular complexity index is 238. The molecular weight excluding hydrogens is 176 g/mol. The van der Waals surface area contributed by atoms with Gasteiger partial charge in [0.15, 0.2) is 0 Å². The first-order valence-electron chi connectivity index (χ1n) is 5.04. The van der Waals surface area contributed by atoms with Crippen molar-refractivity contribution in [2.24, 2.45) is 0 Å². The molecule has 0 saturated heterocycles. The molecule has 2 N–H and O–H groups in total. The Hall–Kier alpha value is -1.06. The van der Waals surface area contributed by atoms with Crippen LogP contribution in [0.25, 0.3) is 0 Å². The lowest BCUT2D eigenvalue weighted by atomic mass is 10.3. The van der Waals surface area contributed by atoms with E-state index in [4.69, 9.17) is 5.11 Å². The minimum absolute atomic E-state index is 0.243. The van der Waals surface area contributed by atoms with Crippen molar-refractivity contribution in [3.63, 3.8) is 0 Å². The first kappa shape index (κ1) is 11.0. The Kier molecular flexibility index (Phi) is 5.04. The second kappa shape index (κ2) is 6.40. The van der Waals surface area contributed by atoms with Crippen molar-refractivity contribution in [2.75, 3.05) is 25.1 Å². The topological polar surface area (TPSA) is 35.5 Å². The minimum atomic E-state index is 0.243. The Morgan fingerprint density at radius 3 is 2.57 bits per heavy atom. The molecule has 3 heteroatoms. The molecule has 0 saturated carbocycles. The minimum Gasteiger partial charge on any atom is -0.396 e. The number of hydrogen-bond acceptors (Lipinski definition) is 3. The quantitative estimate of drug-likeness (QED) is 0.677. The molecule has 1 aromatic rings. The summed E-state index contributed by atoms with van der Waals surface area (Å²) in [6.07, 6.45) is 0.799. The van der Waals surface area contributed by atoms with Crippen molar-refractivity contribution in [2.45, 2.75) is 13.3 Å². The van der Waals surface area contributed by atoms with Crippen molar-refractivity contribution in [3.05, 3.63) is 30.3 Å². The van der Waals surface area contributed by atoms with E-state index in [-0.39, 0.29) is 6.61 Å². The lowest BCUT2D eigenvalue weighted by molar-refractivity contribution is 0.251. The van der Waals surface area contributed by atoms with Gasteiger partial charge in [-0.3, -0.25) is 0 Å². The van der Waals surface area contributed by atoms with Crippen LogP contribution in [0.4, 0.5) is 5.69 Å². The second-order valence-corrected chi connectivity index (χ2v) is 3.13. The Morgan fingerprint density at radius 2 is 2.00 bits per heavy atom. The lowest BCUT2D eigenvalue weighted by Gasteiger charge is -2.22. The summed E-state index contributed by atoms with van der Waals surface area (Å²) in [7, 11) is 0. The van der Waals surface area contributed by atoms with E-state index in [0.717, 1.165) is 25.2 Å². The number of nitrogens with one attached hydrogen (secondary N) is 1. The van der Waals surface area contributed by atoms with Crippen LogP contribution >= 0.6 is 0 Å². The van der Waals surface area contributed by atoms with Crippen LogP contribution < -0.4 is 5.43 Å². The van der Waals surface area contributed by atoms with Gasteiger partial charge in [-0.15, -0.1) is 0 Å². The Balaban J connectivity index is 2.40. The third-order valence-corrected chi connectivity index (χ3v) is 2.03. The fourth-order valence-corrected chi connectivity index (χ4v) is 1.25. The van der Waals surface area contributed by atoms with Crippen LogP contribution in [0.2, 0.25) is 0 Å². The van der Waals surface area contributed by atoms with Gasteiger partial charge in [0, 0.05) is 25.4 Å². The monoisotopic (exact) mass is 194 g/mol. The molecule has 0 heterocycles. The number of nitrogens with zero attached hydrogens (tertiary/aromatic N) is 1.